The highest BCUT2D eigenvalue weighted by Gasteiger charge is 2.17. The Labute approximate surface area is 310 Å². The Morgan fingerprint density at radius 2 is 0.943 bits per heavy atom. The van der Waals surface area contributed by atoms with Gasteiger partial charge in [-0.25, -0.2) is 14.4 Å². The van der Waals surface area contributed by atoms with Gasteiger partial charge in [0.15, 0.2) is 0 Å². The number of amides is 4. The topological polar surface area (TPSA) is 239 Å². The maximum atomic E-state index is 11.7. The minimum atomic E-state index is -0.992. The molecule has 0 unspecified atom stereocenters. The third kappa shape index (κ3) is 20.8. The third-order valence-corrected chi connectivity index (χ3v) is 6.25. The van der Waals surface area contributed by atoms with Gasteiger partial charge in [-0.15, -0.1) is 0 Å². The summed E-state index contributed by atoms with van der Waals surface area (Å²) in [5.41, 5.74) is 8.01. The molecule has 290 valence electrons. The molecule has 0 saturated carbocycles. The van der Waals surface area contributed by atoms with E-state index in [4.69, 9.17) is 30.5 Å². The first-order chi connectivity index (χ1) is 24.9. The van der Waals surface area contributed by atoms with E-state index in [1.807, 2.05) is 6.07 Å². The summed E-state index contributed by atoms with van der Waals surface area (Å²) in [4.78, 5) is 56.9. The van der Waals surface area contributed by atoms with Gasteiger partial charge in [-0.2, -0.15) is 0 Å². The molecule has 0 heterocycles. The summed E-state index contributed by atoms with van der Waals surface area (Å²) in [6.45, 7) is 11.9. The van der Waals surface area contributed by atoms with E-state index in [2.05, 4.69) is 21.3 Å². The van der Waals surface area contributed by atoms with Crippen molar-refractivity contribution in [1.82, 2.24) is 21.3 Å². The van der Waals surface area contributed by atoms with Gasteiger partial charge >= 0.3 is 18.2 Å². The molecule has 0 fully saturated rings. The van der Waals surface area contributed by atoms with Crippen molar-refractivity contribution in [2.45, 2.75) is 72.4 Å². The third-order valence-electron chi connectivity index (χ3n) is 6.25. The Bertz CT molecular complexity index is 1630. The largest absolute Gasteiger partial charge is 0.478 e. The predicted molar refractivity (Wildman–Crippen MR) is 199 cm³/mol. The zero-order chi connectivity index (χ0) is 40.0. The van der Waals surface area contributed by atoms with Crippen molar-refractivity contribution in [1.29, 1.82) is 0 Å². The lowest BCUT2D eigenvalue weighted by Gasteiger charge is -2.19. The zero-order valence-electron chi connectivity index (χ0n) is 31.2. The SMILES string of the molecule is CC(C)(C)OC(=O)NCc1cccc(C(=O)NCCO)c1.CC(C)(C)OC(=O)NCc1cccc(C(=O)O)c1.NCc1cccc(C(=O)NCCO)c1. The molecule has 0 radical (unpaired) electrons. The van der Waals surface area contributed by atoms with Crippen LogP contribution in [0.25, 0.3) is 0 Å². The molecule has 0 aromatic heterocycles. The van der Waals surface area contributed by atoms with Crippen molar-refractivity contribution < 1.29 is 48.8 Å². The molecular weight excluding hydrogens is 686 g/mol. The van der Waals surface area contributed by atoms with Crippen molar-refractivity contribution in [3.63, 3.8) is 0 Å². The second-order valence-corrected chi connectivity index (χ2v) is 13.3. The molecule has 53 heavy (non-hydrogen) atoms. The van der Waals surface area contributed by atoms with Crippen molar-refractivity contribution in [2.24, 2.45) is 5.73 Å². The van der Waals surface area contributed by atoms with Crippen molar-refractivity contribution in [2.75, 3.05) is 26.3 Å². The first kappa shape index (κ1) is 45.5. The molecule has 0 spiro atoms. The number of alkyl carbamates (subject to hydrolysis) is 2. The number of nitrogens with one attached hydrogen (secondary N) is 4. The van der Waals surface area contributed by atoms with Crippen LogP contribution >= 0.6 is 0 Å². The Kier molecular flexibility index (Phi) is 19.9. The van der Waals surface area contributed by atoms with Crippen LogP contribution in [0.2, 0.25) is 0 Å². The lowest BCUT2D eigenvalue weighted by atomic mass is 10.1. The molecule has 0 aliphatic heterocycles. The lowest BCUT2D eigenvalue weighted by molar-refractivity contribution is 0.0512. The second-order valence-electron chi connectivity index (χ2n) is 13.3. The molecule has 9 N–H and O–H groups in total. The maximum Gasteiger partial charge on any atom is 0.407 e. The average Bonchev–Trinajstić information content (AvgIpc) is 3.10. The highest BCUT2D eigenvalue weighted by Crippen LogP contribution is 2.10. The van der Waals surface area contributed by atoms with Crippen molar-refractivity contribution >= 4 is 30.0 Å². The number of aliphatic hydroxyl groups excluding tert-OH is 2. The highest BCUT2D eigenvalue weighted by atomic mass is 16.6. The van der Waals surface area contributed by atoms with Gasteiger partial charge in [-0.3, -0.25) is 9.59 Å². The van der Waals surface area contributed by atoms with Gasteiger partial charge < -0.3 is 51.8 Å². The van der Waals surface area contributed by atoms with Gasteiger partial charge in [0.2, 0.25) is 0 Å². The van der Waals surface area contributed by atoms with Gasteiger partial charge in [0.25, 0.3) is 11.8 Å². The van der Waals surface area contributed by atoms with Crippen LogP contribution in [0.1, 0.15) is 89.3 Å². The number of carbonyl (C=O) groups excluding carboxylic acids is 4. The van der Waals surface area contributed by atoms with Crippen LogP contribution in [0, 0.1) is 0 Å². The van der Waals surface area contributed by atoms with Crippen LogP contribution in [0.3, 0.4) is 0 Å². The fourth-order valence-corrected chi connectivity index (χ4v) is 4.00. The summed E-state index contributed by atoms with van der Waals surface area (Å²) in [6, 6.07) is 20.4. The molecule has 3 rings (SSSR count). The van der Waals surface area contributed by atoms with Crippen LogP contribution in [-0.2, 0) is 29.1 Å². The summed E-state index contributed by atoms with van der Waals surface area (Å²) in [5, 5.41) is 36.4. The molecule has 0 aliphatic rings. The number of carboxylic acid groups (broad SMARTS) is 1. The minimum Gasteiger partial charge on any atom is -0.478 e. The zero-order valence-corrected chi connectivity index (χ0v) is 31.2. The average molecular weight is 740 g/mol. The first-order valence-electron chi connectivity index (χ1n) is 16.8. The highest BCUT2D eigenvalue weighted by molar-refractivity contribution is 5.94. The number of rotatable bonds is 12. The molecule has 4 amide bonds. The molecule has 0 saturated heterocycles. The molecule has 0 aliphatic carbocycles. The van der Waals surface area contributed by atoms with Crippen LogP contribution in [0.5, 0.6) is 0 Å². The molecule has 15 heteroatoms. The standard InChI is InChI=1S/C15H22N2O4.C13H17NO4.C10H14N2O2/c1-15(2,3)21-14(20)17-10-11-5-4-6-12(9-11)13(19)16-7-8-18;1-13(2,3)18-12(17)14-8-9-5-4-6-10(7-9)11(15)16;11-7-8-2-1-3-9(6-8)10(14)12-4-5-13/h4-6,9,18H,7-8,10H2,1-3H3,(H,16,19)(H,17,20);4-7H,8H2,1-3H3,(H,14,17)(H,15,16);1-3,6,13H,4-5,7,11H2,(H,12,14). The Morgan fingerprint density at radius 1 is 0.585 bits per heavy atom. The van der Waals surface area contributed by atoms with E-state index in [9.17, 15) is 24.0 Å². The number of hydrogen-bond donors (Lipinski definition) is 8. The number of hydrogen-bond acceptors (Lipinski definition) is 10. The number of ether oxygens (including phenoxy) is 2. The number of aliphatic hydroxyl groups is 2. The van der Waals surface area contributed by atoms with Crippen LogP contribution in [-0.4, -0.2) is 82.8 Å². The Hall–Kier alpha value is -5.51. The van der Waals surface area contributed by atoms with Crippen molar-refractivity contribution in [3.05, 3.63) is 106 Å². The molecular formula is C38H53N5O10. The smallest absolute Gasteiger partial charge is 0.407 e. The van der Waals surface area contributed by atoms with E-state index in [-0.39, 0.29) is 56.8 Å². The fraction of sp³-hybridized carbons (Fsp3) is 0.395. The van der Waals surface area contributed by atoms with Crippen LogP contribution < -0.4 is 27.0 Å². The summed E-state index contributed by atoms with van der Waals surface area (Å²) >= 11 is 0. The summed E-state index contributed by atoms with van der Waals surface area (Å²) in [7, 11) is 0. The Balaban J connectivity index is 0.000000405. The van der Waals surface area contributed by atoms with Gasteiger partial charge in [-0.1, -0.05) is 36.4 Å². The normalized spacial score (nSPS) is 10.6. The molecule has 0 atom stereocenters. The summed E-state index contributed by atoms with van der Waals surface area (Å²) in [5.74, 6) is -1.44. The number of aromatic carboxylic acids is 1. The van der Waals surface area contributed by atoms with E-state index in [1.54, 1.807) is 96.1 Å². The van der Waals surface area contributed by atoms with E-state index in [1.165, 1.54) is 12.1 Å². The molecule has 0 bridgehead atoms. The summed E-state index contributed by atoms with van der Waals surface area (Å²) < 4.78 is 10.2. The number of benzene rings is 3. The Morgan fingerprint density at radius 3 is 1.30 bits per heavy atom. The summed E-state index contributed by atoms with van der Waals surface area (Å²) in [6.07, 6.45) is -1.03. The molecule has 15 nitrogen and oxygen atoms in total. The number of nitrogens with two attached hydrogens (primary N) is 1. The predicted octanol–water partition coefficient (Wildman–Crippen LogP) is 3.71. The quantitative estimate of drug-likeness (QED) is 0.133. The maximum absolute atomic E-state index is 11.7. The van der Waals surface area contributed by atoms with Gasteiger partial charge in [0.05, 0.1) is 18.8 Å². The van der Waals surface area contributed by atoms with E-state index >= 15 is 0 Å². The van der Waals surface area contributed by atoms with Gasteiger partial charge in [-0.05, 0) is 94.6 Å². The van der Waals surface area contributed by atoms with E-state index in [0.717, 1.165) is 11.1 Å². The van der Waals surface area contributed by atoms with E-state index < -0.39 is 29.4 Å². The van der Waals surface area contributed by atoms with Gasteiger partial charge in [0.1, 0.15) is 11.2 Å². The molecule has 3 aromatic carbocycles. The van der Waals surface area contributed by atoms with E-state index in [0.29, 0.717) is 23.2 Å². The minimum absolute atomic E-state index is 0.0533. The van der Waals surface area contributed by atoms with Crippen LogP contribution in [0.4, 0.5) is 9.59 Å². The monoisotopic (exact) mass is 739 g/mol. The lowest BCUT2D eigenvalue weighted by Crippen LogP contribution is -2.32. The van der Waals surface area contributed by atoms with Crippen LogP contribution in [0.15, 0.2) is 72.8 Å². The molecule has 3 aromatic rings. The number of carboxylic acids is 1. The number of carbonyl (C=O) groups is 5. The fourth-order valence-electron chi connectivity index (χ4n) is 4.00. The second kappa shape index (κ2) is 23.1. The van der Waals surface area contributed by atoms with Crippen molar-refractivity contribution in [3.8, 4) is 0 Å². The van der Waals surface area contributed by atoms with Gasteiger partial charge in [0, 0.05) is 43.9 Å². The first-order valence-corrected chi connectivity index (χ1v) is 16.8.